The van der Waals surface area contributed by atoms with Crippen molar-refractivity contribution in [2.24, 2.45) is 5.92 Å². The number of carbonyl (C=O) groups is 2. The third kappa shape index (κ3) is 8.34. The van der Waals surface area contributed by atoms with Crippen molar-refractivity contribution in [2.45, 2.75) is 53.1 Å². The number of fused-ring (bicyclic) bond motifs is 1. The van der Waals surface area contributed by atoms with Gasteiger partial charge in [-0.05, 0) is 54.3 Å². The zero-order valence-electron chi connectivity index (χ0n) is 26.3. The highest BCUT2D eigenvalue weighted by atomic mass is 32.2. The highest BCUT2D eigenvalue weighted by Crippen LogP contribution is 2.36. The summed E-state index contributed by atoms with van der Waals surface area (Å²) in [7, 11) is -2.68. The molecule has 1 fully saturated rings. The molecule has 3 aromatic carbocycles. The van der Waals surface area contributed by atoms with Crippen molar-refractivity contribution in [3.8, 4) is 0 Å². The molecule has 0 radical (unpaired) electrons. The van der Waals surface area contributed by atoms with E-state index in [-0.39, 0.29) is 36.9 Å². The van der Waals surface area contributed by atoms with Gasteiger partial charge in [-0.15, -0.1) is 11.8 Å². The molecule has 3 aromatic rings. The number of hydrogen-bond acceptors (Lipinski definition) is 9. The Balaban J connectivity index is 1.35. The number of carbonyl (C=O) groups excluding carboxylic acids is 2. The standard InChI is InChI=1S/C32H39N5O7S3/c1-21(2)17-36(47(42,43)25-12-13-26-30(16-25)45-20-33-26)19-29(38)27(14-22-8-5-4-6-9-22)34-31(39)28-18-37(32(40)35-28)23-10-7-11-24(15-23)46(41)44-3/h4-13,15-16,21,27-29,33,38H,14,17-20H2,1-3H3,(H,34,39)(H,35,40)/t27-,28-,29+,46?/m0/s1. The fourth-order valence-electron chi connectivity index (χ4n) is 5.48. The number of nitrogens with zero attached hydrogens (tertiary/aromatic N) is 2. The summed E-state index contributed by atoms with van der Waals surface area (Å²) in [6, 6.07) is 18.3. The summed E-state index contributed by atoms with van der Waals surface area (Å²) < 4.78 is 46.1. The first kappa shape index (κ1) is 34.9. The minimum Gasteiger partial charge on any atom is -0.390 e. The van der Waals surface area contributed by atoms with E-state index < -0.39 is 51.2 Å². The van der Waals surface area contributed by atoms with E-state index in [0.29, 0.717) is 16.5 Å². The fourth-order valence-corrected chi connectivity index (χ4v) is 8.69. The lowest BCUT2D eigenvalue weighted by molar-refractivity contribution is -0.124. The van der Waals surface area contributed by atoms with Crippen LogP contribution in [0.5, 0.6) is 0 Å². The summed E-state index contributed by atoms with van der Waals surface area (Å²) in [5, 5.41) is 20.4. The van der Waals surface area contributed by atoms with Gasteiger partial charge in [-0.1, -0.05) is 50.2 Å². The molecule has 0 bridgehead atoms. The third-order valence-electron chi connectivity index (χ3n) is 7.83. The lowest BCUT2D eigenvalue weighted by Crippen LogP contribution is -2.54. The van der Waals surface area contributed by atoms with Crippen molar-refractivity contribution < 1.29 is 31.5 Å². The number of aliphatic hydroxyl groups excluding tert-OH is 1. The number of thioether (sulfide) groups is 1. The van der Waals surface area contributed by atoms with Gasteiger partial charge in [0.15, 0.2) is 11.1 Å². The zero-order valence-corrected chi connectivity index (χ0v) is 28.7. The van der Waals surface area contributed by atoms with Crippen molar-refractivity contribution >= 4 is 56.2 Å². The van der Waals surface area contributed by atoms with Crippen LogP contribution in [0.1, 0.15) is 19.4 Å². The summed E-state index contributed by atoms with van der Waals surface area (Å²) in [5.74, 6) is 0.0945. The molecule has 0 saturated carbocycles. The van der Waals surface area contributed by atoms with E-state index in [1.54, 1.807) is 42.5 Å². The summed E-state index contributed by atoms with van der Waals surface area (Å²) in [4.78, 5) is 29.2. The number of sulfonamides is 1. The van der Waals surface area contributed by atoms with Crippen molar-refractivity contribution in [3.63, 3.8) is 0 Å². The quantitative estimate of drug-likeness (QED) is 0.198. The number of hydrogen-bond donors (Lipinski definition) is 4. The molecule has 47 heavy (non-hydrogen) atoms. The van der Waals surface area contributed by atoms with Crippen LogP contribution in [-0.2, 0) is 36.5 Å². The first-order chi connectivity index (χ1) is 22.5. The highest BCUT2D eigenvalue weighted by Gasteiger charge is 2.37. The average Bonchev–Trinajstić information content (AvgIpc) is 3.70. The monoisotopic (exact) mass is 701 g/mol. The lowest BCUT2D eigenvalue weighted by atomic mass is 10.0. The molecule has 0 aromatic heterocycles. The summed E-state index contributed by atoms with van der Waals surface area (Å²) in [6.45, 7) is 3.69. The van der Waals surface area contributed by atoms with Gasteiger partial charge in [0.1, 0.15) is 6.04 Å². The van der Waals surface area contributed by atoms with Crippen LogP contribution >= 0.6 is 11.8 Å². The van der Waals surface area contributed by atoms with Crippen molar-refractivity contribution in [2.75, 3.05) is 42.8 Å². The molecular formula is C32H39N5O7S3. The Hall–Kier alpha value is -3.47. The minimum absolute atomic E-state index is 0.0130. The van der Waals surface area contributed by atoms with E-state index in [4.69, 9.17) is 4.18 Å². The van der Waals surface area contributed by atoms with Crippen LogP contribution < -0.4 is 20.9 Å². The number of amides is 3. The Morgan fingerprint density at radius 2 is 1.89 bits per heavy atom. The average molecular weight is 702 g/mol. The second-order valence-corrected chi connectivity index (χ2v) is 16.0. The van der Waals surface area contributed by atoms with Gasteiger partial charge in [-0.2, -0.15) is 4.31 Å². The summed E-state index contributed by atoms with van der Waals surface area (Å²) in [5.41, 5.74) is 2.15. The van der Waals surface area contributed by atoms with Crippen LogP contribution in [0.2, 0.25) is 0 Å². The summed E-state index contributed by atoms with van der Waals surface area (Å²) in [6.07, 6.45) is -1.06. The molecule has 2 aliphatic rings. The Labute approximate surface area is 282 Å². The number of aliphatic hydroxyl groups is 1. The van der Waals surface area contributed by atoms with Gasteiger partial charge in [0.25, 0.3) is 0 Å². The summed E-state index contributed by atoms with van der Waals surface area (Å²) >= 11 is -0.186. The second kappa shape index (κ2) is 15.2. The van der Waals surface area contributed by atoms with Gasteiger partial charge in [-0.25, -0.2) is 17.4 Å². The Morgan fingerprint density at radius 1 is 1.13 bits per heavy atom. The van der Waals surface area contributed by atoms with Gasteiger partial charge < -0.3 is 21.1 Å². The molecule has 5 rings (SSSR count). The van der Waals surface area contributed by atoms with E-state index in [0.717, 1.165) is 16.1 Å². The Morgan fingerprint density at radius 3 is 2.62 bits per heavy atom. The van der Waals surface area contributed by atoms with Crippen LogP contribution in [0.3, 0.4) is 0 Å². The molecule has 4 atom stereocenters. The maximum absolute atomic E-state index is 13.9. The van der Waals surface area contributed by atoms with Gasteiger partial charge >= 0.3 is 6.03 Å². The van der Waals surface area contributed by atoms with E-state index >= 15 is 0 Å². The molecule has 2 heterocycles. The smallest absolute Gasteiger partial charge is 0.322 e. The highest BCUT2D eigenvalue weighted by molar-refractivity contribution is 8.00. The molecule has 3 amide bonds. The predicted molar refractivity (Wildman–Crippen MR) is 182 cm³/mol. The van der Waals surface area contributed by atoms with E-state index in [2.05, 4.69) is 16.0 Å². The number of rotatable bonds is 14. The van der Waals surface area contributed by atoms with Gasteiger partial charge in [-0.3, -0.25) is 13.9 Å². The van der Waals surface area contributed by atoms with Crippen LogP contribution in [0.4, 0.5) is 16.2 Å². The predicted octanol–water partition coefficient (Wildman–Crippen LogP) is 3.16. The Bertz CT molecular complexity index is 1720. The fraction of sp³-hybridized carbons (Fsp3) is 0.375. The van der Waals surface area contributed by atoms with E-state index in [9.17, 15) is 27.3 Å². The Kier molecular flexibility index (Phi) is 11.3. The molecule has 1 unspecified atom stereocenters. The third-order valence-corrected chi connectivity index (χ3v) is 11.5. The zero-order chi connectivity index (χ0) is 33.7. The van der Waals surface area contributed by atoms with Crippen molar-refractivity contribution in [1.29, 1.82) is 0 Å². The number of urea groups is 1. The molecule has 2 aliphatic heterocycles. The number of benzene rings is 3. The minimum atomic E-state index is -3.99. The molecule has 0 spiro atoms. The van der Waals surface area contributed by atoms with Gasteiger partial charge in [0, 0.05) is 29.4 Å². The SMILES string of the molecule is COS(=O)c1cccc(N2C[C@@H](C(=O)N[C@@H](Cc3ccccc3)[C@H](O)CN(CC(C)C)S(=O)(=O)c3ccc4c(c3)SCN4)NC2=O)c1. The molecule has 0 aliphatic carbocycles. The maximum Gasteiger partial charge on any atom is 0.322 e. The topological polar surface area (TPSA) is 157 Å². The van der Waals surface area contributed by atoms with E-state index in [1.807, 2.05) is 44.2 Å². The van der Waals surface area contributed by atoms with Crippen LogP contribution in [0.15, 0.2) is 87.5 Å². The molecule has 15 heteroatoms. The number of nitrogens with one attached hydrogen (secondary N) is 3. The molecule has 4 N–H and O–H groups in total. The normalized spacial score (nSPS) is 18.0. The molecular weight excluding hydrogens is 663 g/mol. The van der Waals surface area contributed by atoms with Gasteiger partial charge in [0.2, 0.25) is 15.9 Å². The van der Waals surface area contributed by atoms with Crippen LogP contribution in [-0.4, -0.2) is 84.8 Å². The van der Waals surface area contributed by atoms with Crippen molar-refractivity contribution in [1.82, 2.24) is 14.9 Å². The number of anilines is 2. The first-order valence-electron chi connectivity index (χ1n) is 15.1. The molecule has 12 nitrogen and oxygen atoms in total. The first-order valence-corrected chi connectivity index (χ1v) is 18.6. The largest absolute Gasteiger partial charge is 0.390 e. The lowest BCUT2D eigenvalue weighted by Gasteiger charge is -2.31. The molecule has 252 valence electrons. The van der Waals surface area contributed by atoms with E-state index in [1.165, 1.54) is 28.1 Å². The second-order valence-electron chi connectivity index (χ2n) is 11.7. The maximum atomic E-state index is 13.9. The van der Waals surface area contributed by atoms with Gasteiger partial charge in [0.05, 0.1) is 41.5 Å². The molecule has 1 saturated heterocycles. The van der Waals surface area contributed by atoms with Crippen molar-refractivity contribution in [3.05, 3.63) is 78.4 Å². The van der Waals surface area contributed by atoms with Crippen LogP contribution in [0, 0.1) is 5.92 Å². The van der Waals surface area contributed by atoms with Crippen LogP contribution in [0.25, 0.3) is 0 Å².